The predicted molar refractivity (Wildman–Crippen MR) is 129 cm³/mol. The second-order valence-electron chi connectivity index (χ2n) is 7.03. The second kappa shape index (κ2) is 12.7. The van der Waals surface area contributed by atoms with Gasteiger partial charge in [0.25, 0.3) is 0 Å². The Morgan fingerprint density at radius 3 is 2.97 bits per heavy atom. The normalized spacial score (nSPS) is 15.8. The minimum atomic E-state index is 0. The van der Waals surface area contributed by atoms with Crippen molar-refractivity contribution >= 4 is 29.9 Å². The van der Waals surface area contributed by atoms with E-state index in [0.717, 1.165) is 55.7 Å². The van der Waals surface area contributed by atoms with Crippen LogP contribution in [0.2, 0.25) is 0 Å². The largest absolute Gasteiger partial charge is 0.494 e. The Kier molecular flexibility index (Phi) is 10.4. The molecule has 2 N–H and O–H groups in total. The summed E-state index contributed by atoms with van der Waals surface area (Å²) in [6, 6.07) is 8.50. The summed E-state index contributed by atoms with van der Waals surface area (Å²) in [5.74, 6) is 3.54. The molecule has 0 aliphatic carbocycles. The number of nitrogens with one attached hydrogen (secondary N) is 2. The zero-order valence-electron chi connectivity index (χ0n) is 18.1. The number of methoxy groups -OCH3 is 1. The zero-order valence-corrected chi connectivity index (χ0v) is 20.4. The van der Waals surface area contributed by atoms with Crippen LogP contribution in [0.5, 0.6) is 5.75 Å². The monoisotopic (exact) mass is 528 g/mol. The van der Waals surface area contributed by atoms with Gasteiger partial charge in [-0.05, 0) is 44.4 Å². The van der Waals surface area contributed by atoms with Gasteiger partial charge in [0.1, 0.15) is 18.2 Å². The highest BCUT2D eigenvalue weighted by Crippen LogP contribution is 2.15. The van der Waals surface area contributed by atoms with E-state index < -0.39 is 0 Å². The van der Waals surface area contributed by atoms with Crippen LogP contribution in [0, 0.1) is 0 Å². The van der Waals surface area contributed by atoms with Gasteiger partial charge in [0.05, 0.1) is 13.2 Å². The molecule has 2 heterocycles. The van der Waals surface area contributed by atoms with Crippen molar-refractivity contribution in [3.63, 3.8) is 0 Å². The van der Waals surface area contributed by atoms with E-state index in [1.54, 1.807) is 7.11 Å². The van der Waals surface area contributed by atoms with Crippen LogP contribution in [0.1, 0.15) is 37.5 Å². The molecule has 0 bridgehead atoms. The van der Waals surface area contributed by atoms with E-state index in [-0.39, 0.29) is 30.0 Å². The van der Waals surface area contributed by atoms with Crippen LogP contribution in [0.4, 0.5) is 0 Å². The van der Waals surface area contributed by atoms with Gasteiger partial charge in [0.15, 0.2) is 11.8 Å². The summed E-state index contributed by atoms with van der Waals surface area (Å²) in [5, 5.41) is 11.4. The average molecular weight is 528 g/mol. The molecule has 1 aromatic heterocycles. The number of halogens is 1. The SMILES string of the molecule is CCNC(=NCCc1cccc(OCC)c1)NC1CCc2nc(COC)nn2C1.I. The molecule has 8 nitrogen and oxygen atoms in total. The zero-order chi connectivity index (χ0) is 20.5. The lowest BCUT2D eigenvalue weighted by atomic mass is 10.1. The Hall–Kier alpha value is -1.88. The number of hydrogen-bond acceptors (Lipinski definition) is 5. The molecule has 0 fully saturated rings. The van der Waals surface area contributed by atoms with Gasteiger partial charge in [-0.1, -0.05) is 12.1 Å². The lowest BCUT2D eigenvalue weighted by Crippen LogP contribution is -2.47. The number of guanidine groups is 1. The van der Waals surface area contributed by atoms with Gasteiger partial charge >= 0.3 is 0 Å². The number of rotatable bonds is 9. The molecule has 2 aromatic rings. The predicted octanol–water partition coefficient (Wildman–Crippen LogP) is 2.55. The van der Waals surface area contributed by atoms with E-state index in [2.05, 4.69) is 39.8 Å². The van der Waals surface area contributed by atoms with Crippen LogP contribution in [0.3, 0.4) is 0 Å². The molecule has 0 spiro atoms. The van der Waals surface area contributed by atoms with Crippen LogP contribution in [-0.4, -0.2) is 53.6 Å². The Balaban J connectivity index is 0.00000320. The standard InChI is InChI=1S/C21H32N6O2.HI/c1-4-22-21(23-12-11-16-7-6-8-18(13-16)29-5-2)24-17-9-10-20-25-19(15-28-3)26-27(20)14-17;/h6-8,13,17H,4-5,9-12,14-15H2,1-3H3,(H2,22,23,24);1H. The summed E-state index contributed by atoms with van der Waals surface area (Å²) < 4.78 is 12.7. The van der Waals surface area contributed by atoms with Crippen LogP contribution in [0.25, 0.3) is 0 Å². The van der Waals surface area contributed by atoms with Crippen molar-refractivity contribution < 1.29 is 9.47 Å². The third-order valence-electron chi connectivity index (χ3n) is 4.74. The highest BCUT2D eigenvalue weighted by Gasteiger charge is 2.22. The second-order valence-corrected chi connectivity index (χ2v) is 7.03. The molecule has 0 amide bonds. The first-order chi connectivity index (χ1) is 14.2. The lowest BCUT2D eigenvalue weighted by Gasteiger charge is -2.25. The Bertz CT molecular complexity index is 811. The van der Waals surface area contributed by atoms with Gasteiger partial charge in [-0.15, -0.1) is 24.0 Å². The molecule has 0 saturated heterocycles. The molecule has 0 radical (unpaired) electrons. The fourth-order valence-electron chi connectivity index (χ4n) is 3.44. The quantitative estimate of drug-likeness (QED) is 0.296. The van der Waals surface area contributed by atoms with Gasteiger partial charge in [-0.3, -0.25) is 4.99 Å². The molecule has 0 saturated carbocycles. The average Bonchev–Trinajstić information content (AvgIpc) is 3.11. The first kappa shape index (κ1) is 24.4. The number of ether oxygens (including phenoxy) is 2. The molecule has 1 unspecified atom stereocenters. The molecule has 3 rings (SSSR count). The van der Waals surface area contributed by atoms with Gasteiger partial charge in [0.2, 0.25) is 0 Å². The summed E-state index contributed by atoms with van der Waals surface area (Å²) in [5.41, 5.74) is 1.23. The molecule has 1 aliphatic rings. The molecule has 1 aromatic carbocycles. The molecular formula is C21H33IN6O2. The van der Waals surface area contributed by atoms with Crippen LogP contribution < -0.4 is 15.4 Å². The van der Waals surface area contributed by atoms with Crippen LogP contribution >= 0.6 is 24.0 Å². The van der Waals surface area contributed by atoms with Crippen molar-refractivity contribution in [3.05, 3.63) is 41.5 Å². The Morgan fingerprint density at radius 1 is 1.33 bits per heavy atom. The van der Waals surface area contributed by atoms with E-state index in [0.29, 0.717) is 19.8 Å². The van der Waals surface area contributed by atoms with Crippen molar-refractivity contribution in [2.24, 2.45) is 4.99 Å². The van der Waals surface area contributed by atoms with Gasteiger partial charge in [-0.25, -0.2) is 9.67 Å². The molecular weight excluding hydrogens is 495 g/mol. The molecule has 1 atom stereocenters. The number of nitrogens with zero attached hydrogens (tertiary/aromatic N) is 4. The fourth-order valence-corrected chi connectivity index (χ4v) is 3.44. The smallest absolute Gasteiger partial charge is 0.191 e. The lowest BCUT2D eigenvalue weighted by molar-refractivity contribution is 0.177. The summed E-state index contributed by atoms with van der Waals surface area (Å²) >= 11 is 0. The van der Waals surface area contributed by atoms with E-state index in [4.69, 9.17) is 14.5 Å². The first-order valence-electron chi connectivity index (χ1n) is 10.4. The number of benzene rings is 1. The highest BCUT2D eigenvalue weighted by atomic mass is 127. The van der Waals surface area contributed by atoms with Gasteiger partial charge < -0.3 is 20.1 Å². The maximum atomic E-state index is 5.58. The first-order valence-corrected chi connectivity index (χ1v) is 10.4. The minimum Gasteiger partial charge on any atom is -0.494 e. The van der Waals surface area contributed by atoms with Crippen LogP contribution in [0.15, 0.2) is 29.3 Å². The topological polar surface area (TPSA) is 85.6 Å². The van der Waals surface area contributed by atoms with Gasteiger partial charge in [-0.2, -0.15) is 5.10 Å². The van der Waals surface area contributed by atoms with Crippen molar-refractivity contribution in [3.8, 4) is 5.75 Å². The summed E-state index contributed by atoms with van der Waals surface area (Å²) in [6.45, 7) is 7.53. The van der Waals surface area contributed by atoms with Crippen molar-refractivity contribution in [2.45, 2.75) is 52.3 Å². The Morgan fingerprint density at radius 2 is 2.20 bits per heavy atom. The number of aromatic nitrogens is 3. The number of aryl methyl sites for hydroxylation is 1. The maximum Gasteiger partial charge on any atom is 0.191 e. The minimum absolute atomic E-state index is 0. The fraction of sp³-hybridized carbons (Fsp3) is 0.571. The molecule has 30 heavy (non-hydrogen) atoms. The van der Waals surface area contributed by atoms with Gasteiger partial charge in [0, 0.05) is 32.7 Å². The van der Waals surface area contributed by atoms with Crippen molar-refractivity contribution in [1.29, 1.82) is 0 Å². The van der Waals surface area contributed by atoms with E-state index in [9.17, 15) is 0 Å². The molecule has 166 valence electrons. The summed E-state index contributed by atoms with van der Waals surface area (Å²) in [7, 11) is 1.66. The van der Waals surface area contributed by atoms with Crippen LogP contribution in [-0.2, 0) is 30.7 Å². The summed E-state index contributed by atoms with van der Waals surface area (Å²) in [6.07, 6.45) is 2.78. The highest BCUT2D eigenvalue weighted by molar-refractivity contribution is 14.0. The van der Waals surface area contributed by atoms with E-state index in [1.165, 1.54) is 5.56 Å². The maximum absolute atomic E-state index is 5.58. The number of hydrogen-bond donors (Lipinski definition) is 2. The van der Waals surface area contributed by atoms with Crippen molar-refractivity contribution in [1.82, 2.24) is 25.4 Å². The molecule has 1 aliphatic heterocycles. The molecule has 9 heteroatoms. The third kappa shape index (κ3) is 7.12. The summed E-state index contributed by atoms with van der Waals surface area (Å²) in [4.78, 5) is 9.29. The number of fused-ring (bicyclic) bond motifs is 1. The van der Waals surface area contributed by atoms with E-state index >= 15 is 0 Å². The van der Waals surface area contributed by atoms with Crippen molar-refractivity contribution in [2.75, 3.05) is 26.8 Å². The Labute approximate surface area is 195 Å². The van der Waals surface area contributed by atoms with E-state index in [1.807, 2.05) is 23.7 Å². The number of aliphatic imine (C=N–C) groups is 1. The third-order valence-corrected chi connectivity index (χ3v) is 4.74.